The molecular formula is C18H19N5O3. The summed E-state index contributed by atoms with van der Waals surface area (Å²) in [5.74, 6) is 1.27. The molecule has 1 amide bonds. The lowest BCUT2D eigenvalue weighted by Crippen LogP contribution is -2.32. The Morgan fingerprint density at radius 3 is 2.88 bits per heavy atom. The number of ether oxygens (including phenoxy) is 2. The maximum Gasteiger partial charge on any atom is 0.293 e. The first kappa shape index (κ1) is 16.5. The molecule has 134 valence electrons. The number of hydrogen-bond acceptors (Lipinski definition) is 6. The highest BCUT2D eigenvalue weighted by Crippen LogP contribution is 2.34. The summed E-state index contributed by atoms with van der Waals surface area (Å²) in [6.07, 6.45) is 1.56. The summed E-state index contributed by atoms with van der Waals surface area (Å²) < 4.78 is 13.3. The second kappa shape index (κ2) is 6.77. The number of nitriles is 1. The largest absolute Gasteiger partial charge is 0.493 e. The van der Waals surface area contributed by atoms with Crippen LogP contribution in [0.5, 0.6) is 5.75 Å². The standard InChI is InChI=1S/C18H19N5O3/c1-22-11-20-17(21-22)18(24)23-7-15-13(10-26-16(15)8-23)9-25-14-4-2-12(6-19)3-5-14/h2-5,11,13,15-16H,7-10H2,1H3/t13-,15-,16-/m1/s1. The number of benzene rings is 1. The molecule has 0 radical (unpaired) electrons. The number of hydrogen-bond donors (Lipinski definition) is 0. The van der Waals surface area contributed by atoms with E-state index >= 15 is 0 Å². The van der Waals surface area contributed by atoms with Gasteiger partial charge in [-0.25, -0.2) is 4.98 Å². The molecule has 1 aromatic carbocycles. The van der Waals surface area contributed by atoms with Crippen LogP contribution in [0.15, 0.2) is 30.6 Å². The number of aryl methyl sites for hydroxylation is 1. The Morgan fingerprint density at radius 2 is 2.19 bits per heavy atom. The van der Waals surface area contributed by atoms with Gasteiger partial charge in [-0.2, -0.15) is 5.26 Å². The van der Waals surface area contributed by atoms with Crippen LogP contribution in [0.4, 0.5) is 0 Å². The Kier molecular flexibility index (Phi) is 4.31. The molecule has 2 aromatic rings. The second-order valence-electron chi connectivity index (χ2n) is 6.69. The van der Waals surface area contributed by atoms with Crippen molar-refractivity contribution in [2.24, 2.45) is 18.9 Å². The van der Waals surface area contributed by atoms with Gasteiger partial charge < -0.3 is 14.4 Å². The summed E-state index contributed by atoms with van der Waals surface area (Å²) in [5, 5.41) is 12.9. The summed E-state index contributed by atoms with van der Waals surface area (Å²) in [6.45, 7) is 2.35. The molecule has 0 saturated carbocycles. The Hall–Kier alpha value is -2.92. The van der Waals surface area contributed by atoms with Gasteiger partial charge in [-0.05, 0) is 24.3 Å². The van der Waals surface area contributed by atoms with Crippen LogP contribution in [-0.2, 0) is 11.8 Å². The third-order valence-electron chi connectivity index (χ3n) is 4.96. The van der Waals surface area contributed by atoms with Gasteiger partial charge in [-0.15, -0.1) is 5.10 Å². The lowest BCUT2D eigenvalue weighted by Gasteiger charge is -2.19. The van der Waals surface area contributed by atoms with Crippen molar-refractivity contribution in [2.45, 2.75) is 6.10 Å². The van der Waals surface area contributed by atoms with Gasteiger partial charge in [0.15, 0.2) is 0 Å². The van der Waals surface area contributed by atoms with E-state index in [0.717, 1.165) is 5.75 Å². The highest BCUT2D eigenvalue weighted by Gasteiger charge is 2.46. The predicted octanol–water partition coefficient (Wildman–Crippen LogP) is 0.853. The maximum absolute atomic E-state index is 12.5. The maximum atomic E-state index is 12.5. The van der Waals surface area contributed by atoms with Crippen LogP contribution < -0.4 is 4.74 Å². The Morgan fingerprint density at radius 1 is 1.38 bits per heavy atom. The number of nitrogens with zero attached hydrogens (tertiary/aromatic N) is 5. The molecule has 8 nitrogen and oxygen atoms in total. The van der Waals surface area contributed by atoms with Gasteiger partial charge in [-0.3, -0.25) is 9.48 Å². The van der Waals surface area contributed by atoms with E-state index in [1.54, 1.807) is 36.2 Å². The van der Waals surface area contributed by atoms with Crippen molar-refractivity contribution in [3.05, 3.63) is 42.0 Å². The fourth-order valence-corrected chi connectivity index (χ4v) is 3.54. The van der Waals surface area contributed by atoms with Gasteiger partial charge in [0, 0.05) is 32.0 Å². The average molecular weight is 353 g/mol. The summed E-state index contributed by atoms with van der Waals surface area (Å²) >= 11 is 0. The van der Waals surface area contributed by atoms with Crippen molar-refractivity contribution < 1.29 is 14.3 Å². The molecule has 1 aromatic heterocycles. The van der Waals surface area contributed by atoms with Crippen LogP contribution in [0, 0.1) is 23.2 Å². The average Bonchev–Trinajstić information content (AvgIpc) is 3.36. The minimum atomic E-state index is -0.157. The summed E-state index contributed by atoms with van der Waals surface area (Å²) in [6, 6.07) is 9.15. The number of carbonyl (C=O) groups is 1. The second-order valence-corrected chi connectivity index (χ2v) is 6.69. The molecule has 2 aliphatic heterocycles. The van der Waals surface area contributed by atoms with Gasteiger partial charge in [0.25, 0.3) is 5.91 Å². The van der Waals surface area contributed by atoms with Gasteiger partial charge in [0.1, 0.15) is 12.1 Å². The lowest BCUT2D eigenvalue weighted by molar-refractivity contribution is 0.0652. The van der Waals surface area contributed by atoms with Gasteiger partial charge in [0.2, 0.25) is 5.82 Å². The molecule has 2 fully saturated rings. The Bertz CT molecular complexity index is 841. The molecule has 0 N–H and O–H groups in total. The molecule has 26 heavy (non-hydrogen) atoms. The Labute approximate surface area is 150 Å². The number of carbonyl (C=O) groups excluding carboxylic acids is 1. The molecule has 0 aliphatic carbocycles. The molecule has 0 bridgehead atoms. The zero-order valence-corrected chi connectivity index (χ0v) is 14.4. The van der Waals surface area contributed by atoms with Crippen molar-refractivity contribution in [1.82, 2.24) is 19.7 Å². The molecule has 0 unspecified atom stereocenters. The molecule has 4 rings (SSSR count). The zero-order valence-electron chi connectivity index (χ0n) is 14.4. The van der Waals surface area contributed by atoms with Gasteiger partial charge in [0.05, 0.1) is 31.0 Å². The number of fused-ring (bicyclic) bond motifs is 1. The van der Waals surface area contributed by atoms with Crippen molar-refractivity contribution >= 4 is 5.91 Å². The van der Waals surface area contributed by atoms with E-state index in [1.165, 1.54) is 11.0 Å². The van der Waals surface area contributed by atoms with E-state index in [2.05, 4.69) is 16.2 Å². The number of amides is 1. The SMILES string of the molecule is Cn1cnc(C(=O)N2C[C@@H]3[C@H](COc4ccc(C#N)cc4)CO[C@@H]3C2)n1. The first-order valence-corrected chi connectivity index (χ1v) is 8.53. The molecule has 8 heteroatoms. The van der Waals surface area contributed by atoms with E-state index in [-0.39, 0.29) is 29.7 Å². The van der Waals surface area contributed by atoms with Gasteiger partial charge in [-0.1, -0.05) is 0 Å². The van der Waals surface area contributed by atoms with Crippen LogP contribution in [0.2, 0.25) is 0 Å². The first-order chi connectivity index (χ1) is 12.6. The lowest BCUT2D eigenvalue weighted by atomic mass is 9.94. The molecule has 0 spiro atoms. The molecule has 3 heterocycles. The summed E-state index contributed by atoms with van der Waals surface area (Å²) in [7, 11) is 1.74. The van der Waals surface area contributed by atoms with Crippen LogP contribution in [0.1, 0.15) is 16.2 Å². The fourth-order valence-electron chi connectivity index (χ4n) is 3.54. The van der Waals surface area contributed by atoms with E-state index in [9.17, 15) is 4.79 Å². The normalized spacial score (nSPS) is 24.3. The molecule has 3 atom stereocenters. The molecular weight excluding hydrogens is 334 g/mol. The van der Waals surface area contributed by atoms with Crippen LogP contribution in [0.25, 0.3) is 0 Å². The quantitative estimate of drug-likeness (QED) is 0.809. The summed E-state index contributed by atoms with van der Waals surface area (Å²) in [4.78, 5) is 18.3. The van der Waals surface area contributed by atoms with Crippen LogP contribution >= 0.6 is 0 Å². The van der Waals surface area contributed by atoms with Gasteiger partial charge >= 0.3 is 0 Å². The highest BCUT2D eigenvalue weighted by molar-refractivity contribution is 5.90. The zero-order chi connectivity index (χ0) is 18.1. The van der Waals surface area contributed by atoms with Crippen molar-refractivity contribution in [2.75, 3.05) is 26.3 Å². The number of rotatable bonds is 4. The monoisotopic (exact) mass is 353 g/mol. The van der Waals surface area contributed by atoms with Crippen LogP contribution in [-0.4, -0.2) is 58.0 Å². The summed E-state index contributed by atoms with van der Waals surface area (Å²) in [5.41, 5.74) is 0.606. The van der Waals surface area contributed by atoms with E-state index < -0.39 is 0 Å². The number of likely N-dealkylation sites (tertiary alicyclic amines) is 1. The smallest absolute Gasteiger partial charge is 0.293 e. The first-order valence-electron chi connectivity index (χ1n) is 8.53. The fraction of sp³-hybridized carbons (Fsp3) is 0.444. The van der Waals surface area contributed by atoms with Crippen molar-refractivity contribution in [3.63, 3.8) is 0 Å². The Balaban J connectivity index is 1.35. The minimum absolute atomic E-state index is 0.0391. The van der Waals surface area contributed by atoms with E-state index in [0.29, 0.717) is 31.9 Å². The molecule has 2 aliphatic rings. The third-order valence-corrected chi connectivity index (χ3v) is 4.96. The third kappa shape index (κ3) is 3.13. The highest BCUT2D eigenvalue weighted by atomic mass is 16.5. The predicted molar refractivity (Wildman–Crippen MR) is 90.3 cm³/mol. The van der Waals surface area contributed by atoms with Crippen molar-refractivity contribution in [3.8, 4) is 11.8 Å². The molecule has 2 saturated heterocycles. The van der Waals surface area contributed by atoms with Crippen molar-refractivity contribution in [1.29, 1.82) is 5.26 Å². The number of aromatic nitrogens is 3. The van der Waals surface area contributed by atoms with E-state index in [1.807, 2.05) is 0 Å². The van der Waals surface area contributed by atoms with E-state index in [4.69, 9.17) is 14.7 Å². The van der Waals surface area contributed by atoms with Crippen LogP contribution in [0.3, 0.4) is 0 Å². The minimum Gasteiger partial charge on any atom is -0.493 e. The topological polar surface area (TPSA) is 93.3 Å².